The number of fused-ring (bicyclic) bond motifs is 5. The van der Waals surface area contributed by atoms with Gasteiger partial charge in [0.25, 0.3) is 0 Å². The average molecular weight is 1570 g/mol. The van der Waals surface area contributed by atoms with Crippen molar-refractivity contribution in [2.45, 2.75) is 190 Å². The summed E-state index contributed by atoms with van der Waals surface area (Å²) in [7, 11) is 10.5. The maximum Gasteiger partial charge on any atom is 0.213 e. The van der Waals surface area contributed by atoms with E-state index in [9.17, 15) is 17.6 Å². The molecule has 0 spiro atoms. The van der Waals surface area contributed by atoms with E-state index >= 15 is 0 Å². The largest absolute Gasteiger partial charge is 0.213 e. The Morgan fingerprint density at radius 1 is 0.265 bits per heavy atom. The van der Waals surface area contributed by atoms with E-state index in [1.54, 1.807) is 12.1 Å². The first-order chi connectivity index (χ1) is 55.7. The molecular weight excluding hydrogens is 1440 g/mol. The lowest BCUT2D eigenvalue weighted by molar-refractivity contribution is -0.633. The van der Waals surface area contributed by atoms with Gasteiger partial charge in [0.1, 0.15) is 58.5 Å². The maximum atomic E-state index is 14.7. The fourth-order valence-electron chi connectivity index (χ4n) is 17.3. The summed E-state index contributed by atoms with van der Waals surface area (Å²) in [6.45, 7) is 44.5. The van der Waals surface area contributed by atoms with Crippen molar-refractivity contribution >= 4 is 54.5 Å². The van der Waals surface area contributed by atoms with Crippen molar-refractivity contribution in [3.63, 3.8) is 0 Å². The highest BCUT2D eigenvalue weighted by atomic mass is 19.1. The first kappa shape index (κ1) is 86.8. The third-order valence-electron chi connectivity index (χ3n) is 24.6. The van der Waals surface area contributed by atoms with Crippen LogP contribution < -0.4 is 22.8 Å². The third-order valence-corrected chi connectivity index (χ3v) is 24.6. The molecule has 0 aliphatic heterocycles. The Morgan fingerprint density at radius 3 is 1.00 bits per heavy atom. The number of rotatable bonds is 12. The Hall–Kier alpha value is -11.0. The van der Waals surface area contributed by atoms with Crippen molar-refractivity contribution in [2.24, 2.45) is 35.2 Å². The van der Waals surface area contributed by atoms with E-state index in [0.29, 0.717) is 44.4 Å². The van der Waals surface area contributed by atoms with Crippen LogP contribution in [-0.2, 0) is 73.8 Å². The monoisotopic (exact) mass is 1560 g/mol. The highest BCUT2D eigenvalue weighted by molar-refractivity contribution is 5.87. The molecule has 0 saturated carbocycles. The molecule has 5 aromatic heterocycles. The molecule has 0 unspecified atom stereocenters. The molecule has 117 heavy (non-hydrogen) atoms. The summed E-state index contributed by atoms with van der Waals surface area (Å²) in [6.07, 6.45) is 4.24. The Bertz CT molecular complexity index is 6270. The van der Waals surface area contributed by atoms with Gasteiger partial charge in [-0.05, 0) is 274 Å². The summed E-state index contributed by atoms with van der Waals surface area (Å²) < 4.78 is 68.6. The second kappa shape index (κ2) is 36.6. The van der Waals surface area contributed by atoms with Crippen molar-refractivity contribution in [3.8, 4) is 56.3 Å². The molecule has 9 heteroatoms. The minimum Gasteiger partial charge on any atom is -0.207 e. The van der Waals surface area contributed by atoms with E-state index in [1.165, 1.54) is 134 Å². The SMILES string of the molecule is CCc1c(F)ccc2c1ccc(-c1cc(C)cc(C)c1C)[n+]2C.CCc1cc2c(ccc(-c3cc(C)cc(C)c3C)[n+]2C)c(CC)c1F.CCc1cc2c(ccc(-c3cc(C)cc(C)c3C)[n+]2C)cc1F.CCc1cc2c(ccc(-c3cc(C)ccc3C)[n+]2C)c(CC)c1F.Cc1ccc(C)c(-c2ccc3c(C(C)C)cccc3[n+]2C)c1. The van der Waals surface area contributed by atoms with Gasteiger partial charge in [-0.15, -0.1) is 0 Å². The molecule has 0 atom stereocenters. The van der Waals surface area contributed by atoms with Gasteiger partial charge < -0.3 is 0 Å². The minimum atomic E-state index is -0.115. The number of pyridine rings is 5. The molecule has 0 amide bonds. The smallest absolute Gasteiger partial charge is 0.207 e. The van der Waals surface area contributed by atoms with Crippen LogP contribution in [0.5, 0.6) is 0 Å². The molecular formula is C108H122F4N5+5. The maximum absolute atomic E-state index is 14.7. The van der Waals surface area contributed by atoms with Crippen LogP contribution in [0.25, 0.3) is 111 Å². The van der Waals surface area contributed by atoms with Gasteiger partial charge in [0.05, 0.1) is 16.2 Å². The number of aromatic nitrogens is 5. The zero-order chi connectivity index (χ0) is 85.0. The lowest BCUT2D eigenvalue weighted by Gasteiger charge is -2.13. The van der Waals surface area contributed by atoms with Crippen molar-refractivity contribution in [1.82, 2.24) is 0 Å². The zero-order valence-corrected chi connectivity index (χ0v) is 74.5. The summed E-state index contributed by atoms with van der Waals surface area (Å²) in [5, 5.41) is 5.33. The van der Waals surface area contributed by atoms with Crippen LogP contribution in [0, 0.1) is 113 Å². The van der Waals surface area contributed by atoms with Gasteiger partial charge in [0, 0.05) is 116 Å². The van der Waals surface area contributed by atoms with Crippen LogP contribution in [-0.4, -0.2) is 0 Å². The van der Waals surface area contributed by atoms with E-state index in [2.05, 4.69) is 308 Å². The standard InChI is InChI=1S/C23H27FN.C22H25FN.2C21H23FN.C21H24N/c1-7-17-13-22-19(18(8-2)23(17)24)9-10-21(25(22)6)20-12-14(3)11-15(4)16(20)5;1-6-16-13-21-18(17(7-2)22(16)23)10-11-20(24(21)5)19-12-14(3)8-9-15(19)4;1-6-16-17-7-9-21(23(5)20(17)10-8-19(16)22)18-12-13(2)11-14(3)15(18)4;1-6-16-12-21-17(11-19(16)22)7-8-20(23(21)5)18-10-13(2)9-14(3)15(18)4;1-14(2)17-7-6-8-20-18(17)11-12-21(22(20)5)19-13-15(3)9-10-16(19)4/h9-13H,7-8H2,1-6H3;8-13H,6-7H2,1-5H3;2*7-12H,6H2,1-5H3;6-14H,1-5H3/q5*+1. The second-order valence-corrected chi connectivity index (χ2v) is 32.8. The van der Waals surface area contributed by atoms with E-state index in [1.807, 2.05) is 71.9 Å². The summed E-state index contributed by atoms with van der Waals surface area (Å²) in [5.41, 5.74) is 40.8. The van der Waals surface area contributed by atoms with Crippen molar-refractivity contribution in [2.75, 3.05) is 0 Å². The van der Waals surface area contributed by atoms with E-state index < -0.39 is 0 Å². The number of hydrogen-bond donors (Lipinski definition) is 0. The molecule has 0 fully saturated rings. The zero-order valence-electron chi connectivity index (χ0n) is 74.5. The van der Waals surface area contributed by atoms with Crippen LogP contribution in [0.2, 0.25) is 0 Å². The van der Waals surface area contributed by atoms with Gasteiger partial charge in [-0.3, -0.25) is 0 Å². The topological polar surface area (TPSA) is 19.4 Å². The van der Waals surface area contributed by atoms with Crippen LogP contribution in [0.4, 0.5) is 17.6 Å². The third kappa shape index (κ3) is 17.7. The molecule has 0 bridgehead atoms. The molecule has 0 saturated heterocycles. The predicted octanol–water partition coefficient (Wildman–Crippen LogP) is 25.7. The van der Waals surface area contributed by atoms with Crippen molar-refractivity contribution < 1.29 is 40.4 Å². The predicted molar refractivity (Wildman–Crippen MR) is 485 cm³/mol. The van der Waals surface area contributed by atoms with E-state index in [4.69, 9.17) is 0 Å². The molecule has 10 aromatic carbocycles. The Balaban J connectivity index is 0.000000144. The van der Waals surface area contributed by atoms with Crippen molar-refractivity contribution in [1.29, 1.82) is 0 Å². The number of hydrogen-bond acceptors (Lipinski definition) is 0. The van der Waals surface area contributed by atoms with Gasteiger partial charge in [-0.25, -0.2) is 17.6 Å². The van der Waals surface area contributed by atoms with Gasteiger partial charge in [-0.1, -0.05) is 138 Å². The molecule has 602 valence electrons. The fraction of sp³-hybridized carbons (Fsp3) is 0.306. The van der Waals surface area contributed by atoms with E-state index in [-0.39, 0.29) is 23.3 Å². The molecule has 15 rings (SSSR count). The fourth-order valence-corrected chi connectivity index (χ4v) is 17.3. The Morgan fingerprint density at radius 2 is 0.607 bits per heavy atom. The van der Waals surface area contributed by atoms with Crippen LogP contribution in [0.1, 0.15) is 173 Å². The van der Waals surface area contributed by atoms with E-state index in [0.717, 1.165) is 88.4 Å². The molecule has 5 heterocycles. The number of aryl methyl sites for hydroxylation is 21. The van der Waals surface area contributed by atoms with Crippen LogP contribution >= 0.6 is 0 Å². The quantitative estimate of drug-likeness (QED) is 0.0858. The van der Waals surface area contributed by atoms with Gasteiger partial charge in [0.2, 0.25) is 56.1 Å². The van der Waals surface area contributed by atoms with Crippen LogP contribution in [0.3, 0.4) is 0 Å². The lowest BCUT2D eigenvalue weighted by Crippen LogP contribution is -2.32. The highest BCUT2D eigenvalue weighted by Gasteiger charge is 2.27. The molecule has 0 N–H and O–H groups in total. The summed E-state index contributed by atoms with van der Waals surface area (Å²) >= 11 is 0. The number of benzene rings is 10. The van der Waals surface area contributed by atoms with Gasteiger partial charge >= 0.3 is 0 Å². The number of halogens is 4. The Labute approximate surface area is 694 Å². The summed E-state index contributed by atoms with van der Waals surface area (Å²) in [5.74, 6) is 0.237. The summed E-state index contributed by atoms with van der Waals surface area (Å²) in [6, 6.07) is 65.5. The number of nitrogens with zero attached hydrogens (tertiary/aromatic N) is 5. The van der Waals surface area contributed by atoms with Crippen molar-refractivity contribution in [3.05, 3.63) is 323 Å². The molecule has 0 radical (unpaired) electrons. The first-order valence-corrected chi connectivity index (χ1v) is 42.0. The minimum absolute atomic E-state index is 0.0344. The lowest BCUT2D eigenvalue weighted by atomic mass is 9.95. The Kier molecular flexibility index (Phi) is 27.2. The molecule has 0 aliphatic carbocycles. The molecule has 0 aliphatic rings. The molecule has 5 nitrogen and oxygen atoms in total. The average Bonchev–Trinajstić information content (AvgIpc) is 0.760. The molecule has 15 aromatic rings. The van der Waals surface area contributed by atoms with Crippen LogP contribution in [0.15, 0.2) is 188 Å². The highest BCUT2D eigenvalue weighted by Crippen LogP contribution is 2.36. The second-order valence-electron chi connectivity index (χ2n) is 32.8. The normalized spacial score (nSPS) is 11.3. The van der Waals surface area contributed by atoms with Gasteiger partial charge in [-0.2, -0.15) is 22.8 Å². The summed E-state index contributed by atoms with van der Waals surface area (Å²) in [4.78, 5) is 0. The first-order valence-electron chi connectivity index (χ1n) is 42.0. The van der Waals surface area contributed by atoms with Gasteiger partial charge in [0.15, 0.2) is 0 Å².